The Morgan fingerprint density at radius 1 is 1.03 bits per heavy atom. The van der Waals surface area contributed by atoms with Crippen LogP contribution in [0.15, 0.2) is 84.0 Å². The van der Waals surface area contributed by atoms with E-state index in [1.165, 1.54) is 22.3 Å². The molecule has 0 fully saturated rings. The Hall–Kier alpha value is -3.18. The van der Waals surface area contributed by atoms with Crippen molar-refractivity contribution in [2.75, 3.05) is 7.11 Å². The summed E-state index contributed by atoms with van der Waals surface area (Å²) in [7, 11) is 1.69. The second-order valence-corrected chi connectivity index (χ2v) is 8.38. The normalized spacial score (nSPS) is 19.3. The lowest BCUT2D eigenvalue weighted by atomic mass is 9.77. The van der Waals surface area contributed by atoms with Crippen molar-refractivity contribution in [2.45, 2.75) is 25.4 Å². The smallest absolute Gasteiger partial charge is 0.190 e. The fourth-order valence-corrected chi connectivity index (χ4v) is 4.85. The van der Waals surface area contributed by atoms with E-state index in [0.29, 0.717) is 17.6 Å². The van der Waals surface area contributed by atoms with Crippen LogP contribution in [0, 0.1) is 5.92 Å². The summed E-state index contributed by atoms with van der Waals surface area (Å²) in [5.74, 6) is 1.16. The minimum absolute atomic E-state index is 0.0741. The molecule has 0 saturated carbocycles. The molecule has 4 nitrogen and oxygen atoms in total. The van der Waals surface area contributed by atoms with Gasteiger partial charge in [-0.25, -0.2) is 5.01 Å². The van der Waals surface area contributed by atoms with Gasteiger partial charge in [0.05, 0.1) is 18.9 Å². The maximum Gasteiger partial charge on any atom is 0.190 e. The molecule has 0 radical (unpaired) electrons. The van der Waals surface area contributed by atoms with Crippen molar-refractivity contribution in [3.63, 3.8) is 0 Å². The largest absolute Gasteiger partial charge is 0.497 e. The van der Waals surface area contributed by atoms with Gasteiger partial charge in [-0.05, 0) is 53.9 Å². The molecule has 5 rings (SSSR count). The minimum Gasteiger partial charge on any atom is -0.497 e. The van der Waals surface area contributed by atoms with E-state index in [9.17, 15) is 0 Å². The van der Waals surface area contributed by atoms with Gasteiger partial charge in [-0.3, -0.25) is 0 Å². The summed E-state index contributed by atoms with van der Waals surface area (Å²) in [6, 6.07) is 27.3. The van der Waals surface area contributed by atoms with Crippen LogP contribution in [0.5, 0.6) is 5.75 Å². The van der Waals surface area contributed by atoms with Gasteiger partial charge in [0, 0.05) is 18.0 Å². The third-order valence-corrected chi connectivity index (χ3v) is 6.51. The van der Waals surface area contributed by atoms with Crippen LogP contribution in [-0.2, 0) is 13.0 Å². The number of ether oxygens (including phenoxy) is 1. The average molecular weight is 428 g/mol. The van der Waals surface area contributed by atoms with Crippen LogP contribution in [0.25, 0.3) is 0 Å². The number of nitrogens with one attached hydrogen (secondary N) is 1. The summed E-state index contributed by atoms with van der Waals surface area (Å²) in [6.07, 6.45) is 2.12. The first-order valence-corrected chi connectivity index (χ1v) is 11.1. The molecule has 5 heteroatoms. The molecule has 0 amide bonds. The lowest BCUT2D eigenvalue weighted by Crippen LogP contribution is -2.38. The third kappa shape index (κ3) is 3.81. The Morgan fingerprint density at radius 2 is 1.77 bits per heavy atom. The number of hydrazone groups is 1. The van der Waals surface area contributed by atoms with E-state index in [2.05, 4.69) is 53.8 Å². The monoisotopic (exact) mass is 427 g/mol. The van der Waals surface area contributed by atoms with Gasteiger partial charge in [0.1, 0.15) is 5.75 Å². The van der Waals surface area contributed by atoms with Gasteiger partial charge in [-0.2, -0.15) is 5.10 Å². The summed E-state index contributed by atoms with van der Waals surface area (Å²) in [5, 5.41) is 11.2. The molecule has 2 aliphatic rings. The lowest BCUT2D eigenvalue weighted by Gasteiger charge is -2.31. The molecule has 2 atom stereocenters. The number of thiocarbonyl (C=S) groups is 1. The maximum absolute atomic E-state index is 5.84. The maximum atomic E-state index is 5.84. The molecular weight excluding hydrogens is 402 g/mol. The van der Waals surface area contributed by atoms with E-state index in [1.54, 1.807) is 7.11 Å². The van der Waals surface area contributed by atoms with Crippen molar-refractivity contribution >= 4 is 23.0 Å². The molecular formula is C26H25N3OS. The quantitative estimate of drug-likeness (QED) is 0.588. The molecule has 0 aromatic heterocycles. The van der Waals surface area contributed by atoms with Crippen LogP contribution in [0.4, 0.5) is 0 Å². The molecule has 3 aromatic rings. The topological polar surface area (TPSA) is 36.9 Å². The third-order valence-electron chi connectivity index (χ3n) is 6.18. The van der Waals surface area contributed by atoms with Crippen molar-refractivity contribution in [1.82, 2.24) is 10.3 Å². The van der Waals surface area contributed by atoms with Gasteiger partial charge >= 0.3 is 0 Å². The molecule has 0 bridgehead atoms. The van der Waals surface area contributed by atoms with Gasteiger partial charge in [0.25, 0.3) is 0 Å². The highest BCUT2D eigenvalue weighted by Crippen LogP contribution is 2.43. The summed E-state index contributed by atoms with van der Waals surface area (Å²) in [4.78, 5) is 0. The highest BCUT2D eigenvalue weighted by atomic mass is 32.1. The first-order valence-electron chi connectivity index (χ1n) is 10.7. The van der Waals surface area contributed by atoms with Crippen LogP contribution >= 0.6 is 12.2 Å². The molecule has 0 spiro atoms. The first-order chi connectivity index (χ1) is 15.2. The van der Waals surface area contributed by atoms with E-state index >= 15 is 0 Å². The summed E-state index contributed by atoms with van der Waals surface area (Å²) in [5.41, 5.74) is 6.17. The number of hydrogen-bond acceptors (Lipinski definition) is 3. The summed E-state index contributed by atoms with van der Waals surface area (Å²) >= 11 is 5.84. The van der Waals surface area contributed by atoms with Gasteiger partial charge in [0.15, 0.2) is 5.11 Å². The van der Waals surface area contributed by atoms with E-state index < -0.39 is 0 Å². The van der Waals surface area contributed by atoms with Crippen LogP contribution in [0.3, 0.4) is 0 Å². The van der Waals surface area contributed by atoms with Crippen molar-refractivity contribution in [3.05, 3.63) is 101 Å². The zero-order valence-electron chi connectivity index (χ0n) is 17.5. The van der Waals surface area contributed by atoms with Crippen molar-refractivity contribution in [1.29, 1.82) is 0 Å². The van der Waals surface area contributed by atoms with Crippen LogP contribution < -0.4 is 10.1 Å². The lowest BCUT2D eigenvalue weighted by molar-refractivity contribution is 0.303. The molecule has 1 aliphatic carbocycles. The van der Waals surface area contributed by atoms with Crippen molar-refractivity contribution in [3.8, 4) is 5.75 Å². The number of fused-ring (bicyclic) bond motifs is 3. The zero-order valence-corrected chi connectivity index (χ0v) is 18.3. The average Bonchev–Trinajstić information content (AvgIpc) is 3.23. The van der Waals surface area contributed by atoms with E-state index in [0.717, 1.165) is 24.3 Å². The predicted molar refractivity (Wildman–Crippen MR) is 128 cm³/mol. The number of aryl methyl sites for hydroxylation is 1. The first kappa shape index (κ1) is 19.8. The Labute approximate surface area is 188 Å². The van der Waals surface area contributed by atoms with Gasteiger partial charge in [0.2, 0.25) is 0 Å². The Morgan fingerprint density at radius 3 is 2.55 bits per heavy atom. The Balaban J connectivity index is 1.47. The van der Waals surface area contributed by atoms with Gasteiger partial charge in [-0.1, -0.05) is 66.7 Å². The molecule has 0 saturated heterocycles. The van der Waals surface area contributed by atoms with Crippen molar-refractivity contribution < 1.29 is 4.74 Å². The second kappa shape index (κ2) is 8.52. The summed E-state index contributed by atoms with van der Waals surface area (Å²) < 4.78 is 5.37. The molecule has 31 heavy (non-hydrogen) atoms. The standard InChI is InChI=1S/C26H25N3OS/c1-30-21-14-11-20(12-15-21)25-23-16-13-19-9-5-6-10-22(19)24(23)28-29(25)26(31)27-17-18-7-3-2-4-8-18/h2-12,14-15,23,25H,13,16-17H2,1H3,(H,27,31)/t23-,25+/m0/s1. The number of hydrogen-bond donors (Lipinski definition) is 1. The molecule has 3 aromatic carbocycles. The fourth-order valence-electron chi connectivity index (χ4n) is 4.62. The van der Waals surface area contributed by atoms with E-state index in [-0.39, 0.29) is 6.04 Å². The van der Waals surface area contributed by atoms with E-state index in [4.69, 9.17) is 22.1 Å². The second-order valence-electron chi connectivity index (χ2n) is 7.99. The molecule has 156 valence electrons. The van der Waals surface area contributed by atoms with Gasteiger partial charge in [-0.15, -0.1) is 0 Å². The number of nitrogens with zero attached hydrogens (tertiary/aromatic N) is 2. The number of methoxy groups -OCH3 is 1. The SMILES string of the molecule is COc1ccc([C@@H]2[C@H]3CCc4ccccc4C3=NN2C(=S)NCc2ccccc2)cc1. The Kier molecular flexibility index (Phi) is 5.43. The van der Waals surface area contributed by atoms with Crippen LogP contribution in [0.1, 0.15) is 34.7 Å². The summed E-state index contributed by atoms with van der Waals surface area (Å²) in [6.45, 7) is 0.678. The van der Waals surface area contributed by atoms with Crippen molar-refractivity contribution in [2.24, 2.45) is 11.0 Å². The molecule has 1 heterocycles. The van der Waals surface area contributed by atoms with Gasteiger partial charge < -0.3 is 10.1 Å². The molecule has 0 unspecified atom stereocenters. The predicted octanol–water partition coefficient (Wildman–Crippen LogP) is 5.09. The van der Waals surface area contributed by atoms with Crippen LogP contribution in [-0.4, -0.2) is 22.9 Å². The fraction of sp³-hybridized carbons (Fsp3) is 0.231. The minimum atomic E-state index is 0.0741. The number of benzene rings is 3. The highest BCUT2D eigenvalue weighted by molar-refractivity contribution is 7.80. The molecule has 1 aliphatic heterocycles. The van der Waals surface area contributed by atoms with Crippen LogP contribution in [0.2, 0.25) is 0 Å². The zero-order chi connectivity index (χ0) is 21.2. The molecule has 1 N–H and O–H groups in total. The number of rotatable bonds is 4. The Bertz CT molecular complexity index is 1110. The highest BCUT2D eigenvalue weighted by Gasteiger charge is 2.42. The van der Waals surface area contributed by atoms with E-state index in [1.807, 2.05) is 35.3 Å².